The molecule has 0 fully saturated rings. The number of rotatable bonds is 49. The molecule has 0 aliphatic carbocycles. The molecule has 2 unspecified atom stereocenters. The van der Waals surface area contributed by atoms with Crippen LogP contribution in [0.5, 0.6) is 0 Å². The second-order valence-corrected chi connectivity index (χ2v) is 18.2. The van der Waals surface area contributed by atoms with Gasteiger partial charge in [-0.1, -0.05) is 223 Å². The summed E-state index contributed by atoms with van der Waals surface area (Å²) in [5.41, 5.74) is 0. The van der Waals surface area contributed by atoms with Crippen LogP contribution in [0.15, 0.2) is 48.6 Å². The van der Waals surface area contributed by atoms with E-state index in [-0.39, 0.29) is 18.5 Å². The summed E-state index contributed by atoms with van der Waals surface area (Å²) in [6.07, 6.45) is 64.0. The minimum absolute atomic E-state index is 0.0345. The molecular weight excluding hydrogens is 767 g/mol. The van der Waals surface area contributed by atoms with Gasteiger partial charge >= 0.3 is 5.97 Å². The maximum absolute atomic E-state index is 12.4. The van der Waals surface area contributed by atoms with E-state index in [4.69, 9.17) is 4.74 Å². The molecule has 0 spiro atoms. The number of hydrogen-bond acceptors (Lipinski definition) is 5. The molecule has 0 rings (SSSR count). The normalized spacial score (nSPS) is 13.0. The van der Waals surface area contributed by atoms with Crippen LogP contribution in [0.1, 0.15) is 271 Å². The highest BCUT2D eigenvalue weighted by Crippen LogP contribution is 2.15. The Bertz CT molecular complexity index is 1050. The Morgan fingerprint density at radius 1 is 0.452 bits per heavy atom. The Morgan fingerprint density at radius 2 is 0.823 bits per heavy atom. The molecule has 0 radical (unpaired) electrons. The number of nitrogens with one attached hydrogen (secondary N) is 1. The highest BCUT2D eigenvalue weighted by molar-refractivity contribution is 5.76. The van der Waals surface area contributed by atoms with E-state index in [1.54, 1.807) is 6.08 Å². The van der Waals surface area contributed by atoms with Crippen LogP contribution in [0, 0.1) is 0 Å². The summed E-state index contributed by atoms with van der Waals surface area (Å²) in [6, 6.07) is -0.646. The van der Waals surface area contributed by atoms with E-state index in [2.05, 4.69) is 55.6 Å². The number of esters is 1. The third-order valence-corrected chi connectivity index (χ3v) is 12.1. The van der Waals surface area contributed by atoms with Gasteiger partial charge in [0.1, 0.15) is 0 Å². The van der Waals surface area contributed by atoms with Crippen molar-refractivity contribution in [3.8, 4) is 0 Å². The molecule has 62 heavy (non-hydrogen) atoms. The maximum atomic E-state index is 12.4. The monoisotopic (exact) mass is 870 g/mol. The van der Waals surface area contributed by atoms with Gasteiger partial charge in [-0.3, -0.25) is 9.59 Å². The third kappa shape index (κ3) is 47.3. The molecule has 6 nitrogen and oxygen atoms in total. The van der Waals surface area contributed by atoms with Crippen LogP contribution in [0.4, 0.5) is 0 Å². The Labute approximate surface area is 385 Å². The molecule has 1 amide bonds. The number of ether oxygens (including phenoxy) is 1. The fourth-order valence-corrected chi connectivity index (χ4v) is 7.90. The van der Waals surface area contributed by atoms with Crippen LogP contribution >= 0.6 is 0 Å². The van der Waals surface area contributed by atoms with Gasteiger partial charge in [-0.2, -0.15) is 0 Å². The molecule has 0 aliphatic rings. The van der Waals surface area contributed by atoms with Gasteiger partial charge in [-0.05, 0) is 83.5 Å². The lowest BCUT2D eigenvalue weighted by molar-refractivity contribution is -0.143. The Balaban J connectivity index is 3.58. The van der Waals surface area contributed by atoms with Crippen molar-refractivity contribution in [2.45, 2.75) is 283 Å². The number of amides is 1. The minimum Gasteiger partial charge on any atom is -0.466 e. The predicted octanol–water partition coefficient (Wildman–Crippen LogP) is 16.2. The molecule has 0 aliphatic heterocycles. The fourth-order valence-electron chi connectivity index (χ4n) is 7.90. The molecule has 0 saturated carbocycles. The number of aliphatic hydroxyl groups excluding tert-OH is 2. The summed E-state index contributed by atoms with van der Waals surface area (Å²) >= 11 is 0. The van der Waals surface area contributed by atoms with E-state index in [0.717, 1.165) is 77.0 Å². The summed E-state index contributed by atoms with van der Waals surface area (Å²) < 4.78 is 5.42. The minimum atomic E-state index is -0.860. The van der Waals surface area contributed by atoms with Crippen molar-refractivity contribution in [3.05, 3.63) is 48.6 Å². The summed E-state index contributed by atoms with van der Waals surface area (Å²) in [6.45, 7) is 4.80. The van der Waals surface area contributed by atoms with Gasteiger partial charge in [0, 0.05) is 12.8 Å². The lowest BCUT2D eigenvalue weighted by Gasteiger charge is -2.20. The standard InChI is InChI=1S/C56H103NO5/c1-3-5-7-9-11-13-15-16-17-18-19-20-22-25-29-32-36-40-44-48-54(59)53(52-58)57-55(60)49-45-41-37-33-30-26-23-21-24-27-31-35-39-43-47-51-62-56(61)50-46-42-38-34-28-14-12-10-8-6-4-2/h10,12,21,24,27,31,44,48,53-54,58-59H,3-9,11,13-20,22-23,25-26,28-30,32-43,45-47,49-52H2,1-2H3,(H,57,60)/b12-10-,24-21-,31-27-,48-44+. The predicted molar refractivity (Wildman–Crippen MR) is 269 cm³/mol. The molecule has 0 bridgehead atoms. The van der Waals surface area contributed by atoms with Gasteiger partial charge in [-0.15, -0.1) is 0 Å². The molecule has 2 atom stereocenters. The van der Waals surface area contributed by atoms with Crippen LogP contribution in [0.3, 0.4) is 0 Å². The largest absolute Gasteiger partial charge is 0.466 e. The smallest absolute Gasteiger partial charge is 0.305 e. The Kier molecular flexibility index (Phi) is 49.6. The SMILES string of the molecule is CCCC/C=C\CCCCCCCC(=O)OCCCCC/C=C\C=C/CCCCCCCCC(=O)NC(CO)C(O)/C=C/CCCCCCCCCCCCCCCCCCC. The summed E-state index contributed by atoms with van der Waals surface area (Å²) in [7, 11) is 0. The van der Waals surface area contributed by atoms with E-state index in [1.807, 2.05) is 6.08 Å². The quantitative estimate of drug-likeness (QED) is 0.0245. The second-order valence-electron chi connectivity index (χ2n) is 18.2. The lowest BCUT2D eigenvalue weighted by atomic mass is 10.0. The van der Waals surface area contributed by atoms with E-state index in [0.29, 0.717) is 19.4 Å². The lowest BCUT2D eigenvalue weighted by Crippen LogP contribution is -2.45. The van der Waals surface area contributed by atoms with Crippen molar-refractivity contribution in [1.82, 2.24) is 5.32 Å². The molecule has 0 aromatic rings. The van der Waals surface area contributed by atoms with Crippen molar-refractivity contribution in [2.24, 2.45) is 0 Å². The van der Waals surface area contributed by atoms with Crippen LogP contribution in [-0.4, -0.2) is 47.4 Å². The summed E-state index contributed by atoms with van der Waals surface area (Å²) in [4.78, 5) is 24.4. The van der Waals surface area contributed by atoms with Crippen molar-refractivity contribution in [2.75, 3.05) is 13.2 Å². The summed E-state index contributed by atoms with van der Waals surface area (Å²) in [5.74, 6) is -0.125. The zero-order valence-electron chi connectivity index (χ0n) is 41.1. The first-order valence-electron chi connectivity index (χ1n) is 26.9. The molecule has 6 heteroatoms. The van der Waals surface area contributed by atoms with Crippen LogP contribution < -0.4 is 5.32 Å². The number of carbonyl (C=O) groups excluding carboxylic acids is 2. The number of allylic oxidation sites excluding steroid dienone is 7. The van der Waals surface area contributed by atoms with Gasteiger partial charge in [0.25, 0.3) is 0 Å². The first kappa shape index (κ1) is 59.8. The van der Waals surface area contributed by atoms with E-state index in [1.165, 1.54) is 167 Å². The highest BCUT2D eigenvalue weighted by Gasteiger charge is 2.18. The van der Waals surface area contributed by atoms with Crippen molar-refractivity contribution in [1.29, 1.82) is 0 Å². The van der Waals surface area contributed by atoms with Crippen LogP contribution in [-0.2, 0) is 14.3 Å². The third-order valence-electron chi connectivity index (χ3n) is 12.1. The van der Waals surface area contributed by atoms with Crippen molar-refractivity contribution < 1.29 is 24.5 Å². The molecule has 3 N–H and O–H groups in total. The average molecular weight is 870 g/mol. The van der Waals surface area contributed by atoms with Gasteiger partial charge in [0.15, 0.2) is 0 Å². The van der Waals surface area contributed by atoms with E-state index in [9.17, 15) is 19.8 Å². The molecule has 0 aromatic carbocycles. The molecule has 0 saturated heterocycles. The first-order valence-corrected chi connectivity index (χ1v) is 26.9. The van der Waals surface area contributed by atoms with Gasteiger partial charge in [0.2, 0.25) is 5.91 Å². The number of unbranched alkanes of at least 4 members (excludes halogenated alkanes) is 33. The van der Waals surface area contributed by atoms with Gasteiger partial charge < -0.3 is 20.3 Å². The van der Waals surface area contributed by atoms with Gasteiger partial charge in [0.05, 0.1) is 25.4 Å². The number of aliphatic hydroxyl groups is 2. The molecule has 362 valence electrons. The molecule has 0 aromatic heterocycles. The average Bonchev–Trinajstić information content (AvgIpc) is 3.27. The molecule has 0 heterocycles. The maximum Gasteiger partial charge on any atom is 0.305 e. The first-order chi connectivity index (χ1) is 30.5. The van der Waals surface area contributed by atoms with Gasteiger partial charge in [-0.25, -0.2) is 0 Å². The fraction of sp³-hybridized carbons (Fsp3) is 0.821. The Hall–Kier alpha value is -2.18. The molecular formula is C56H103NO5. The second kappa shape index (κ2) is 51.5. The van der Waals surface area contributed by atoms with Crippen LogP contribution in [0.2, 0.25) is 0 Å². The van der Waals surface area contributed by atoms with Crippen molar-refractivity contribution >= 4 is 11.9 Å². The van der Waals surface area contributed by atoms with E-state index < -0.39 is 12.1 Å². The highest BCUT2D eigenvalue weighted by atomic mass is 16.5. The Morgan fingerprint density at radius 3 is 1.29 bits per heavy atom. The zero-order valence-corrected chi connectivity index (χ0v) is 41.1. The van der Waals surface area contributed by atoms with E-state index >= 15 is 0 Å². The topological polar surface area (TPSA) is 95.9 Å². The zero-order chi connectivity index (χ0) is 45.1. The van der Waals surface area contributed by atoms with Crippen LogP contribution in [0.25, 0.3) is 0 Å². The summed E-state index contributed by atoms with van der Waals surface area (Å²) in [5, 5.41) is 23.1. The number of carbonyl (C=O) groups is 2. The van der Waals surface area contributed by atoms with Crippen molar-refractivity contribution in [3.63, 3.8) is 0 Å². The number of hydrogen-bond donors (Lipinski definition) is 3.